The van der Waals surface area contributed by atoms with E-state index in [9.17, 15) is 15.3 Å². The summed E-state index contributed by atoms with van der Waals surface area (Å²) in [5, 5.41) is 28.0. The third-order valence-corrected chi connectivity index (χ3v) is 17.7. The first-order valence-corrected chi connectivity index (χ1v) is 28.7. The molecule has 3 heteroatoms. The van der Waals surface area contributed by atoms with Gasteiger partial charge in [0, 0.05) is 19.8 Å². The normalized spacial score (nSPS) is 19.2. The largest absolute Gasteiger partial charge is 0.396 e. The number of aliphatic hydroxyl groups excluding tert-OH is 3. The SMILES string of the molecule is CC(C)(CCCO)CC(C)(C)c1cc(C(C)(C)C)cc(C(C)(C)CC(C)(C)CCCO)c1.CCCCC(C)(C)CC(C)(C)CC1(C)Cc2c(C)c3c(c(C)c21)CC3(C)CC(C)(C)CC(C)(C)CCCO. The topological polar surface area (TPSA) is 60.7 Å². The molecule has 404 valence electrons. The summed E-state index contributed by atoms with van der Waals surface area (Å²) in [6.45, 7) is 58.9. The molecule has 3 nitrogen and oxygen atoms in total. The summed E-state index contributed by atoms with van der Waals surface area (Å²) in [7, 11) is 0. The zero-order valence-corrected chi connectivity index (χ0v) is 51.2. The van der Waals surface area contributed by atoms with E-state index in [0.717, 1.165) is 51.4 Å². The lowest BCUT2D eigenvalue weighted by atomic mass is 9.49. The zero-order valence-electron chi connectivity index (χ0n) is 51.2. The fourth-order valence-electron chi connectivity index (χ4n) is 16.2. The smallest absolute Gasteiger partial charge is 0.0431 e. The van der Waals surface area contributed by atoms with Gasteiger partial charge < -0.3 is 15.3 Å². The lowest BCUT2D eigenvalue weighted by Crippen LogP contribution is -2.48. The fraction of sp³-hybridized carbons (Fsp3) is 0.821. The minimum absolute atomic E-state index is 0.0530. The van der Waals surface area contributed by atoms with E-state index in [4.69, 9.17) is 0 Å². The van der Waals surface area contributed by atoms with Crippen molar-refractivity contribution >= 4 is 0 Å². The van der Waals surface area contributed by atoms with Crippen molar-refractivity contribution in [3.63, 3.8) is 0 Å². The molecule has 0 saturated carbocycles. The summed E-state index contributed by atoms with van der Waals surface area (Å²) >= 11 is 0. The molecule has 2 aliphatic carbocycles. The van der Waals surface area contributed by atoms with Crippen LogP contribution in [0.1, 0.15) is 299 Å². The van der Waals surface area contributed by atoms with Crippen molar-refractivity contribution in [2.75, 3.05) is 19.8 Å². The predicted molar refractivity (Wildman–Crippen MR) is 308 cm³/mol. The molecule has 0 spiro atoms. The Hall–Kier alpha value is -1.68. The molecule has 0 bridgehead atoms. The van der Waals surface area contributed by atoms with Crippen molar-refractivity contribution in [3.05, 3.63) is 68.3 Å². The molecule has 2 atom stereocenters. The second kappa shape index (κ2) is 22.7. The van der Waals surface area contributed by atoms with Gasteiger partial charge in [-0.05, 0) is 220 Å². The highest BCUT2D eigenvalue weighted by molar-refractivity contribution is 5.65. The Labute approximate surface area is 436 Å². The highest BCUT2D eigenvalue weighted by Gasteiger charge is 2.52. The minimum atomic E-state index is 0.0530. The van der Waals surface area contributed by atoms with Crippen LogP contribution in [-0.4, -0.2) is 35.1 Å². The molecular formula is C67H118O3. The summed E-state index contributed by atoms with van der Waals surface area (Å²) in [4.78, 5) is 0. The summed E-state index contributed by atoms with van der Waals surface area (Å²) in [6, 6.07) is 7.36. The van der Waals surface area contributed by atoms with Gasteiger partial charge in [0.25, 0.3) is 0 Å². The van der Waals surface area contributed by atoms with E-state index in [0.29, 0.717) is 28.3 Å². The molecule has 0 aliphatic heterocycles. The van der Waals surface area contributed by atoms with Crippen molar-refractivity contribution in [1.82, 2.24) is 0 Å². The van der Waals surface area contributed by atoms with Gasteiger partial charge in [-0.25, -0.2) is 0 Å². The van der Waals surface area contributed by atoms with Crippen molar-refractivity contribution < 1.29 is 15.3 Å². The Morgan fingerprint density at radius 1 is 0.414 bits per heavy atom. The number of hydrogen-bond acceptors (Lipinski definition) is 3. The maximum atomic E-state index is 9.36. The maximum absolute atomic E-state index is 9.36. The Bertz CT molecular complexity index is 1860. The van der Waals surface area contributed by atoms with E-state index in [2.05, 4.69) is 184 Å². The molecule has 3 N–H and O–H groups in total. The third kappa shape index (κ3) is 16.7. The van der Waals surface area contributed by atoms with Gasteiger partial charge in [-0.15, -0.1) is 0 Å². The lowest BCUT2D eigenvalue weighted by Gasteiger charge is -2.55. The molecule has 2 aromatic rings. The molecule has 0 heterocycles. The average molecular weight is 972 g/mol. The molecule has 2 aliphatic rings. The predicted octanol–water partition coefficient (Wildman–Crippen LogP) is 18.5. The van der Waals surface area contributed by atoms with Gasteiger partial charge in [0.2, 0.25) is 0 Å². The molecule has 70 heavy (non-hydrogen) atoms. The molecule has 0 fully saturated rings. The van der Waals surface area contributed by atoms with E-state index in [-0.39, 0.29) is 51.1 Å². The highest BCUT2D eigenvalue weighted by atomic mass is 16.3. The van der Waals surface area contributed by atoms with Crippen LogP contribution in [0.3, 0.4) is 0 Å². The summed E-state index contributed by atoms with van der Waals surface area (Å²) in [6.07, 6.45) is 19.6. The average Bonchev–Trinajstić information content (AvgIpc) is 3.16. The van der Waals surface area contributed by atoms with Gasteiger partial charge in [0.15, 0.2) is 0 Å². The Morgan fingerprint density at radius 3 is 0.986 bits per heavy atom. The van der Waals surface area contributed by atoms with Crippen LogP contribution < -0.4 is 0 Å². The van der Waals surface area contributed by atoms with Gasteiger partial charge in [-0.1, -0.05) is 183 Å². The van der Waals surface area contributed by atoms with Gasteiger partial charge in [-0.2, -0.15) is 0 Å². The van der Waals surface area contributed by atoms with Crippen molar-refractivity contribution in [2.45, 2.75) is 302 Å². The van der Waals surface area contributed by atoms with Crippen molar-refractivity contribution in [1.29, 1.82) is 0 Å². The van der Waals surface area contributed by atoms with E-state index in [1.165, 1.54) is 74.5 Å². The van der Waals surface area contributed by atoms with Crippen molar-refractivity contribution in [2.24, 2.45) is 32.5 Å². The molecule has 4 rings (SSSR count). The van der Waals surface area contributed by atoms with E-state index in [1.54, 1.807) is 33.4 Å². The molecular weight excluding hydrogens is 853 g/mol. The molecule has 2 unspecified atom stereocenters. The quantitative estimate of drug-likeness (QED) is 0.0880. The van der Waals surface area contributed by atoms with Gasteiger partial charge in [0.1, 0.15) is 0 Å². The van der Waals surface area contributed by atoms with Crippen molar-refractivity contribution in [3.8, 4) is 0 Å². The third-order valence-electron chi connectivity index (χ3n) is 17.7. The lowest BCUT2D eigenvalue weighted by molar-refractivity contribution is 0.122. The number of fused-ring (bicyclic) bond motifs is 2. The Morgan fingerprint density at radius 2 is 0.700 bits per heavy atom. The number of benzene rings is 2. The molecule has 0 saturated heterocycles. The monoisotopic (exact) mass is 971 g/mol. The van der Waals surface area contributed by atoms with Crippen LogP contribution in [-0.2, 0) is 39.9 Å². The maximum Gasteiger partial charge on any atom is 0.0431 e. The fourth-order valence-corrected chi connectivity index (χ4v) is 16.2. The van der Waals surface area contributed by atoms with Crippen LogP contribution in [0, 0.1) is 46.3 Å². The van der Waals surface area contributed by atoms with E-state index < -0.39 is 0 Å². The summed E-state index contributed by atoms with van der Waals surface area (Å²) in [5.74, 6) is 0. The second-order valence-electron chi connectivity index (χ2n) is 31.9. The molecule has 2 aromatic carbocycles. The van der Waals surface area contributed by atoms with Gasteiger partial charge in [-0.3, -0.25) is 0 Å². The van der Waals surface area contributed by atoms with E-state index in [1.807, 2.05) is 0 Å². The molecule has 0 radical (unpaired) electrons. The van der Waals surface area contributed by atoms with Crippen LogP contribution in [0.4, 0.5) is 0 Å². The first-order chi connectivity index (χ1) is 31.6. The van der Waals surface area contributed by atoms with Crippen LogP contribution in [0.15, 0.2) is 18.2 Å². The van der Waals surface area contributed by atoms with Crippen LogP contribution in [0.5, 0.6) is 0 Å². The molecule has 0 amide bonds. The zero-order chi connectivity index (χ0) is 54.0. The second-order valence-corrected chi connectivity index (χ2v) is 31.9. The summed E-state index contributed by atoms with van der Waals surface area (Å²) in [5.41, 5.74) is 16.9. The molecule has 0 aromatic heterocycles. The van der Waals surface area contributed by atoms with Crippen LogP contribution in [0.25, 0.3) is 0 Å². The minimum Gasteiger partial charge on any atom is -0.396 e. The van der Waals surface area contributed by atoms with Gasteiger partial charge in [0.05, 0.1) is 0 Å². The number of unbranched alkanes of at least 4 members (excludes halogenated alkanes) is 1. The Balaban J connectivity index is 0.000000377. The highest BCUT2D eigenvalue weighted by Crippen LogP contribution is 2.60. The van der Waals surface area contributed by atoms with Crippen LogP contribution in [0.2, 0.25) is 0 Å². The van der Waals surface area contributed by atoms with E-state index >= 15 is 0 Å². The standard InChI is InChI=1S/C37H64O.C30H54O2/c1-14-15-17-32(4,5)22-34(8,9)24-36(12)20-28-27(3)31-29(26(2)30(28)36)21-37(31,13)25-35(10,11)23-33(6,7)18-16-19-38;1-26(2,3)23-18-24(29(8,9)21-27(4,5)14-12-16-31)20-25(19-23)30(10,11)22-28(6,7)15-13-17-32/h38H,14-25H2,1-13H3;18-20,31-32H,12-17,21-22H2,1-11H3. The van der Waals surface area contributed by atoms with Crippen LogP contribution >= 0.6 is 0 Å². The number of hydrogen-bond donors (Lipinski definition) is 3. The Kier molecular flexibility index (Phi) is 20.3. The summed E-state index contributed by atoms with van der Waals surface area (Å²) < 4.78 is 0. The van der Waals surface area contributed by atoms with Gasteiger partial charge >= 0.3 is 0 Å². The first-order valence-electron chi connectivity index (χ1n) is 28.7. The number of aliphatic hydroxyl groups is 3. The first kappa shape index (κ1) is 62.6. The number of rotatable bonds is 26.